The van der Waals surface area contributed by atoms with Gasteiger partial charge in [0.05, 0.1) is 18.2 Å². The number of rotatable bonds is 10. The Kier molecular flexibility index (Phi) is 8.96. The Balaban J connectivity index is 2.09. The lowest BCUT2D eigenvalue weighted by atomic mass is 9.85. The molecule has 36 heavy (non-hydrogen) atoms. The summed E-state index contributed by atoms with van der Waals surface area (Å²) in [6, 6.07) is 14.4. The first-order chi connectivity index (χ1) is 17.1. The number of likely N-dealkylation sites (tertiary alicyclic amines) is 1. The van der Waals surface area contributed by atoms with Crippen LogP contribution in [0.2, 0.25) is 0 Å². The molecular weight excluding hydrogens is 452 g/mol. The fraction of sp³-hybridized carbons (Fsp3) is 0.467. The van der Waals surface area contributed by atoms with Gasteiger partial charge in [-0.3, -0.25) is 9.59 Å². The average molecular weight is 493 g/mol. The van der Waals surface area contributed by atoms with Gasteiger partial charge < -0.3 is 19.6 Å². The van der Waals surface area contributed by atoms with Crippen LogP contribution in [-0.2, 0) is 15.0 Å². The smallest absolute Gasteiger partial charge is 0.295 e. The molecule has 0 aromatic heterocycles. The maximum Gasteiger partial charge on any atom is 0.295 e. The first-order valence-corrected chi connectivity index (χ1v) is 13.0. The van der Waals surface area contributed by atoms with E-state index in [1.54, 1.807) is 23.1 Å². The number of likely N-dealkylation sites (N-methyl/N-ethyl adjacent to an activating group) is 1. The van der Waals surface area contributed by atoms with Crippen molar-refractivity contribution >= 4 is 17.4 Å². The molecular formula is C30H40N2O4. The lowest BCUT2D eigenvalue weighted by Crippen LogP contribution is -2.38. The lowest BCUT2D eigenvalue weighted by molar-refractivity contribution is -0.140. The molecule has 0 radical (unpaired) electrons. The summed E-state index contributed by atoms with van der Waals surface area (Å²) in [5, 5.41) is 11.4. The number of ether oxygens (including phenoxy) is 1. The van der Waals surface area contributed by atoms with Crippen molar-refractivity contribution in [1.82, 2.24) is 9.80 Å². The summed E-state index contributed by atoms with van der Waals surface area (Å²) in [5.41, 5.74) is 2.52. The molecule has 194 valence electrons. The second-order valence-corrected chi connectivity index (χ2v) is 10.3. The zero-order valence-corrected chi connectivity index (χ0v) is 22.5. The Labute approximate surface area is 215 Å². The number of Topliss-reactive ketones (excluding diaryl/α,β-unsaturated/α-hetero) is 1. The summed E-state index contributed by atoms with van der Waals surface area (Å²) < 4.78 is 5.72. The van der Waals surface area contributed by atoms with Gasteiger partial charge in [0.15, 0.2) is 0 Å². The normalized spacial score (nSPS) is 17.8. The molecule has 1 fully saturated rings. The van der Waals surface area contributed by atoms with Crippen molar-refractivity contribution in [3.8, 4) is 5.75 Å². The van der Waals surface area contributed by atoms with E-state index in [9.17, 15) is 14.7 Å². The average Bonchev–Trinajstić information content (AvgIpc) is 3.12. The van der Waals surface area contributed by atoms with E-state index in [0.717, 1.165) is 30.6 Å². The third-order valence-corrected chi connectivity index (χ3v) is 6.76. The highest BCUT2D eigenvalue weighted by molar-refractivity contribution is 6.46. The summed E-state index contributed by atoms with van der Waals surface area (Å²) in [7, 11) is 0. The Bertz CT molecular complexity index is 1090. The minimum Gasteiger partial charge on any atom is -0.507 e. The number of ketones is 1. The molecule has 0 spiro atoms. The molecule has 2 aromatic rings. The Hall–Kier alpha value is -3.12. The molecule has 1 saturated heterocycles. The lowest BCUT2D eigenvalue weighted by Gasteiger charge is -2.28. The van der Waals surface area contributed by atoms with Gasteiger partial charge in [0.2, 0.25) is 0 Å². The molecule has 1 aliphatic heterocycles. The third kappa shape index (κ3) is 5.98. The fourth-order valence-corrected chi connectivity index (χ4v) is 4.52. The van der Waals surface area contributed by atoms with Gasteiger partial charge in [-0.25, -0.2) is 0 Å². The molecule has 6 heteroatoms. The molecule has 1 amide bonds. The summed E-state index contributed by atoms with van der Waals surface area (Å²) in [4.78, 5) is 30.4. The minimum absolute atomic E-state index is 0.0258. The van der Waals surface area contributed by atoms with Crippen LogP contribution in [0, 0.1) is 0 Å². The van der Waals surface area contributed by atoms with Crippen molar-refractivity contribution in [3.05, 3.63) is 70.8 Å². The van der Waals surface area contributed by atoms with Crippen molar-refractivity contribution in [2.45, 2.75) is 59.4 Å². The number of hydrogen-bond donors (Lipinski definition) is 1. The van der Waals surface area contributed by atoms with Crippen LogP contribution in [-0.4, -0.2) is 59.4 Å². The van der Waals surface area contributed by atoms with Crippen molar-refractivity contribution in [2.75, 3.05) is 32.8 Å². The maximum absolute atomic E-state index is 13.3. The highest BCUT2D eigenvalue weighted by Crippen LogP contribution is 2.40. The predicted molar refractivity (Wildman–Crippen MR) is 144 cm³/mol. The molecule has 2 aromatic carbocycles. The van der Waals surface area contributed by atoms with Crippen molar-refractivity contribution < 1.29 is 19.4 Å². The third-order valence-electron chi connectivity index (χ3n) is 6.76. The molecule has 1 atom stereocenters. The number of aliphatic hydroxyl groups is 1. The summed E-state index contributed by atoms with van der Waals surface area (Å²) in [6.07, 6.45) is 0.860. The number of carbonyl (C=O) groups is 2. The standard InChI is InChI=1S/C30H40N2O4/c1-7-19-36-24-12-10-11-22(20-24)27(33)25-26(21-13-15-23(16-14-21)30(4,5)6)32(29(35)28(25)34)18-17-31(8-2)9-3/h10-16,20,26,33H,7-9,17-19H2,1-6H3/b27-25-. The van der Waals surface area contributed by atoms with Crippen molar-refractivity contribution in [1.29, 1.82) is 0 Å². The number of nitrogens with zero attached hydrogens (tertiary/aromatic N) is 2. The number of amides is 1. The van der Waals surface area contributed by atoms with E-state index in [1.165, 1.54) is 0 Å². The second-order valence-electron chi connectivity index (χ2n) is 10.3. The number of aliphatic hydroxyl groups excluding tert-OH is 1. The maximum atomic E-state index is 13.3. The Morgan fingerprint density at radius 3 is 2.28 bits per heavy atom. The molecule has 1 heterocycles. The number of benzene rings is 2. The van der Waals surface area contributed by atoms with Gasteiger partial charge in [-0.15, -0.1) is 0 Å². The predicted octanol–water partition coefficient (Wildman–Crippen LogP) is 5.54. The fourth-order valence-electron chi connectivity index (χ4n) is 4.52. The number of carbonyl (C=O) groups excluding carboxylic acids is 2. The molecule has 3 rings (SSSR count). The highest BCUT2D eigenvalue weighted by atomic mass is 16.5. The highest BCUT2D eigenvalue weighted by Gasteiger charge is 2.46. The van der Waals surface area contributed by atoms with Crippen LogP contribution in [0.1, 0.15) is 70.7 Å². The van der Waals surface area contributed by atoms with Crippen molar-refractivity contribution in [2.24, 2.45) is 0 Å². The van der Waals surface area contributed by atoms with Crippen LogP contribution in [0.25, 0.3) is 5.76 Å². The largest absolute Gasteiger partial charge is 0.507 e. The quantitative estimate of drug-likeness (QED) is 0.268. The molecule has 0 bridgehead atoms. The van der Waals surface area contributed by atoms with Crippen molar-refractivity contribution in [3.63, 3.8) is 0 Å². The Morgan fingerprint density at radius 1 is 1.03 bits per heavy atom. The van der Waals surface area contributed by atoms with E-state index < -0.39 is 17.7 Å². The van der Waals surface area contributed by atoms with E-state index in [-0.39, 0.29) is 16.7 Å². The monoisotopic (exact) mass is 492 g/mol. The number of hydrogen-bond acceptors (Lipinski definition) is 5. The summed E-state index contributed by atoms with van der Waals surface area (Å²) in [6.45, 7) is 15.9. The zero-order chi connectivity index (χ0) is 26.5. The first-order valence-electron chi connectivity index (χ1n) is 13.0. The zero-order valence-electron chi connectivity index (χ0n) is 22.5. The van der Waals surface area contributed by atoms with Gasteiger partial charge in [-0.05, 0) is 48.2 Å². The van der Waals surface area contributed by atoms with Gasteiger partial charge in [0.25, 0.3) is 11.7 Å². The van der Waals surface area contributed by atoms with Crippen LogP contribution in [0.15, 0.2) is 54.1 Å². The van der Waals surface area contributed by atoms with Crippen LogP contribution < -0.4 is 4.74 Å². The van der Waals surface area contributed by atoms with Crippen LogP contribution in [0.4, 0.5) is 0 Å². The molecule has 1 N–H and O–H groups in total. The van der Waals surface area contributed by atoms with Gasteiger partial charge in [0, 0.05) is 18.7 Å². The molecule has 1 aliphatic rings. The first kappa shape index (κ1) is 27.5. The minimum atomic E-state index is -0.658. The molecule has 0 aliphatic carbocycles. The topological polar surface area (TPSA) is 70.1 Å². The van der Waals surface area contributed by atoms with E-state index in [1.807, 2.05) is 37.3 Å². The van der Waals surface area contributed by atoms with E-state index in [0.29, 0.717) is 31.0 Å². The van der Waals surface area contributed by atoms with Crippen LogP contribution >= 0.6 is 0 Å². The van der Waals surface area contributed by atoms with Crippen LogP contribution in [0.3, 0.4) is 0 Å². The van der Waals surface area contributed by atoms with Gasteiger partial charge >= 0.3 is 0 Å². The van der Waals surface area contributed by atoms with E-state index in [4.69, 9.17) is 4.74 Å². The van der Waals surface area contributed by atoms with E-state index >= 15 is 0 Å². The SMILES string of the molecule is CCCOc1cccc(/C(O)=C2/C(=O)C(=O)N(CCN(CC)CC)C2c2ccc(C(C)(C)C)cc2)c1. The van der Waals surface area contributed by atoms with Gasteiger partial charge in [-0.1, -0.05) is 77.9 Å². The summed E-state index contributed by atoms with van der Waals surface area (Å²) >= 11 is 0. The van der Waals surface area contributed by atoms with E-state index in [2.05, 4.69) is 39.5 Å². The Morgan fingerprint density at radius 2 is 1.69 bits per heavy atom. The van der Waals surface area contributed by atoms with Gasteiger partial charge in [-0.2, -0.15) is 0 Å². The molecule has 6 nitrogen and oxygen atoms in total. The van der Waals surface area contributed by atoms with Crippen LogP contribution in [0.5, 0.6) is 5.75 Å². The molecule has 1 unspecified atom stereocenters. The second kappa shape index (κ2) is 11.7. The molecule has 0 saturated carbocycles. The summed E-state index contributed by atoms with van der Waals surface area (Å²) in [5.74, 6) is -0.794. The van der Waals surface area contributed by atoms with Gasteiger partial charge in [0.1, 0.15) is 11.5 Å².